The largest absolute Gasteiger partial charge is 0.449 e. The van der Waals surface area contributed by atoms with E-state index in [0.717, 1.165) is 0 Å². The van der Waals surface area contributed by atoms with E-state index in [2.05, 4.69) is 9.97 Å². The van der Waals surface area contributed by atoms with Gasteiger partial charge in [0.1, 0.15) is 23.2 Å². The lowest BCUT2D eigenvalue weighted by molar-refractivity contribution is 0.00832. The molecule has 4 nitrogen and oxygen atoms in total. The summed E-state index contributed by atoms with van der Waals surface area (Å²) in [5.41, 5.74) is 0.542. The van der Waals surface area contributed by atoms with Crippen molar-refractivity contribution < 1.29 is 9.53 Å². The molecular formula is C8H8N2O2. The van der Waals surface area contributed by atoms with Crippen molar-refractivity contribution in [2.45, 2.75) is 19.4 Å². The summed E-state index contributed by atoms with van der Waals surface area (Å²) in [6.07, 6.45) is 2.90. The van der Waals surface area contributed by atoms with Crippen LogP contribution in [0.3, 0.4) is 0 Å². The molecule has 0 N–H and O–H groups in total. The standard InChI is InChI=1S/C8H8N2O2/c1-8(2)6-5(7(11)12-8)3-9-4-10-6/h3-4H,1-2H3. The zero-order valence-corrected chi connectivity index (χ0v) is 6.87. The second-order valence-corrected chi connectivity index (χ2v) is 3.18. The number of hydrogen-bond acceptors (Lipinski definition) is 4. The third kappa shape index (κ3) is 0.809. The molecule has 0 spiro atoms. The minimum atomic E-state index is -0.602. The minimum Gasteiger partial charge on any atom is -0.449 e. The molecule has 0 saturated heterocycles. The van der Waals surface area contributed by atoms with Crippen LogP contribution in [0.2, 0.25) is 0 Å². The Morgan fingerprint density at radius 1 is 1.50 bits per heavy atom. The number of cyclic esters (lactones) is 1. The second kappa shape index (κ2) is 2.03. The topological polar surface area (TPSA) is 52.1 Å². The van der Waals surface area contributed by atoms with Crippen LogP contribution in [0.1, 0.15) is 29.9 Å². The van der Waals surface area contributed by atoms with E-state index in [0.29, 0.717) is 11.3 Å². The Morgan fingerprint density at radius 3 is 2.92 bits per heavy atom. The van der Waals surface area contributed by atoms with E-state index in [9.17, 15) is 4.79 Å². The molecule has 1 aliphatic rings. The highest BCUT2D eigenvalue weighted by Crippen LogP contribution is 2.32. The Labute approximate surface area is 69.6 Å². The molecule has 0 atom stereocenters. The molecule has 1 aliphatic heterocycles. The van der Waals surface area contributed by atoms with Gasteiger partial charge >= 0.3 is 5.97 Å². The molecule has 1 aromatic heterocycles. The summed E-state index contributed by atoms with van der Waals surface area (Å²) < 4.78 is 5.08. The molecule has 12 heavy (non-hydrogen) atoms. The van der Waals surface area contributed by atoms with Gasteiger partial charge in [-0.3, -0.25) is 0 Å². The van der Waals surface area contributed by atoms with Crippen molar-refractivity contribution in [1.29, 1.82) is 0 Å². The molecule has 2 rings (SSSR count). The van der Waals surface area contributed by atoms with Crippen LogP contribution in [0.5, 0.6) is 0 Å². The predicted octanol–water partition coefficient (Wildman–Crippen LogP) is 0.882. The van der Waals surface area contributed by atoms with Crippen molar-refractivity contribution >= 4 is 5.97 Å². The number of nitrogens with zero attached hydrogens (tertiary/aromatic N) is 2. The number of aromatic nitrogens is 2. The van der Waals surface area contributed by atoms with Crippen molar-refractivity contribution in [3.8, 4) is 0 Å². The van der Waals surface area contributed by atoms with Crippen LogP contribution in [0.4, 0.5) is 0 Å². The Morgan fingerprint density at radius 2 is 2.25 bits per heavy atom. The summed E-state index contributed by atoms with van der Waals surface area (Å²) in [7, 11) is 0. The normalized spacial score (nSPS) is 18.7. The molecular weight excluding hydrogens is 156 g/mol. The van der Waals surface area contributed by atoms with Crippen LogP contribution < -0.4 is 0 Å². The van der Waals surface area contributed by atoms with Gasteiger partial charge in [-0.1, -0.05) is 0 Å². The first kappa shape index (κ1) is 7.21. The molecule has 0 aliphatic carbocycles. The van der Waals surface area contributed by atoms with Gasteiger partial charge in [0.05, 0.1) is 0 Å². The molecule has 0 fully saturated rings. The lowest BCUT2D eigenvalue weighted by Crippen LogP contribution is -2.17. The molecule has 0 bridgehead atoms. The third-order valence-corrected chi connectivity index (χ3v) is 1.85. The van der Waals surface area contributed by atoms with Gasteiger partial charge in [-0.15, -0.1) is 0 Å². The zero-order valence-electron chi connectivity index (χ0n) is 6.87. The van der Waals surface area contributed by atoms with E-state index >= 15 is 0 Å². The SMILES string of the molecule is CC1(C)OC(=O)c2cncnc21. The van der Waals surface area contributed by atoms with Crippen LogP contribution >= 0.6 is 0 Å². The fourth-order valence-electron chi connectivity index (χ4n) is 1.29. The highest BCUT2D eigenvalue weighted by molar-refractivity contribution is 5.93. The van der Waals surface area contributed by atoms with Gasteiger partial charge in [-0.05, 0) is 13.8 Å². The van der Waals surface area contributed by atoms with Crippen molar-refractivity contribution in [1.82, 2.24) is 9.97 Å². The maximum absolute atomic E-state index is 11.2. The van der Waals surface area contributed by atoms with E-state index in [-0.39, 0.29) is 5.97 Å². The molecule has 1 aromatic rings. The van der Waals surface area contributed by atoms with Crippen molar-refractivity contribution in [2.75, 3.05) is 0 Å². The van der Waals surface area contributed by atoms with Gasteiger partial charge in [0.25, 0.3) is 0 Å². The fourth-order valence-corrected chi connectivity index (χ4v) is 1.29. The summed E-state index contributed by atoms with van der Waals surface area (Å²) in [6, 6.07) is 0. The molecule has 0 amide bonds. The van der Waals surface area contributed by atoms with Crippen LogP contribution in [0.25, 0.3) is 0 Å². The number of esters is 1. The van der Waals surface area contributed by atoms with Gasteiger partial charge in [0, 0.05) is 6.20 Å². The van der Waals surface area contributed by atoms with Gasteiger partial charge in [0.15, 0.2) is 0 Å². The summed E-state index contributed by atoms with van der Waals surface area (Å²) in [5.74, 6) is -0.337. The minimum absolute atomic E-state index is 0.337. The number of carbonyl (C=O) groups is 1. The molecule has 4 heteroatoms. The smallest absolute Gasteiger partial charge is 0.342 e. The van der Waals surface area contributed by atoms with E-state index in [1.54, 1.807) is 0 Å². The van der Waals surface area contributed by atoms with Gasteiger partial charge in [-0.2, -0.15) is 0 Å². The number of rotatable bonds is 0. The first-order valence-electron chi connectivity index (χ1n) is 3.65. The Balaban J connectivity index is 2.66. The molecule has 0 unspecified atom stereocenters. The van der Waals surface area contributed by atoms with Crippen LogP contribution in [-0.2, 0) is 10.3 Å². The van der Waals surface area contributed by atoms with E-state index in [1.165, 1.54) is 12.5 Å². The van der Waals surface area contributed by atoms with Gasteiger partial charge in [-0.25, -0.2) is 14.8 Å². The third-order valence-electron chi connectivity index (χ3n) is 1.85. The Bertz CT molecular complexity index is 347. The van der Waals surface area contributed by atoms with Crippen LogP contribution in [0.15, 0.2) is 12.5 Å². The van der Waals surface area contributed by atoms with E-state index < -0.39 is 5.60 Å². The van der Waals surface area contributed by atoms with Crippen molar-refractivity contribution in [3.05, 3.63) is 23.8 Å². The summed E-state index contributed by atoms with van der Waals surface area (Å²) in [6.45, 7) is 3.62. The van der Waals surface area contributed by atoms with Crippen LogP contribution in [0, 0.1) is 0 Å². The summed E-state index contributed by atoms with van der Waals surface area (Å²) >= 11 is 0. The van der Waals surface area contributed by atoms with Crippen molar-refractivity contribution in [3.63, 3.8) is 0 Å². The highest BCUT2D eigenvalue weighted by Gasteiger charge is 2.39. The maximum atomic E-state index is 11.2. The number of hydrogen-bond donors (Lipinski definition) is 0. The first-order chi connectivity index (χ1) is 5.61. The maximum Gasteiger partial charge on any atom is 0.342 e. The lowest BCUT2D eigenvalue weighted by Gasteiger charge is -2.15. The molecule has 0 radical (unpaired) electrons. The molecule has 0 saturated carbocycles. The average molecular weight is 164 g/mol. The molecule has 2 heterocycles. The Hall–Kier alpha value is -1.45. The predicted molar refractivity (Wildman–Crippen MR) is 40.5 cm³/mol. The lowest BCUT2D eigenvalue weighted by atomic mass is 10.0. The average Bonchev–Trinajstić information content (AvgIpc) is 2.25. The fraction of sp³-hybridized carbons (Fsp3) is 0.375. The van der Waals surface area contributed by atoms with Crippen LogP contribution in [-0.4, -0.2) is 15.9 Å². The quantitative estimate of drug-likeness (QED) is 0.534. The number of ether oxygens (including phenoxy) is 1. The summed E-state index contributed by atoms with van der Waals surface area (Å²) in [4.78, 5) is 18.9. The first-order valence-corrected chi connectivity index (χ1v) is 3.65. The number of fused-ring (bicyclic) bond motifs is 1. The second-order valence-electron chi connectivity index (χ2n) is 3.18. The van der Waals surface area contributed by atoms with Gasteiger partial charge in [0.2, 0.25) is 0 Å². The number of carbonyl (C=O) groups excluding carboxylic acids is 1. The van der Waals surface area contributed by atoms with E-state index in [1.807, 2.05) is 13.8 Å². The molecule has 62 valence electrons. The van der Waals surface area contributed by atoms with Crippen molar-refractivity contribution in [2.24, 2.45) is 0 Å². The molecule has 0 aromatic carbocycles. The summed E-state index contributed by atoms with van der Waals surface area (Å²) in [5, 5.41) is 0. The monoisotopic (exact) mass is 164 g/mol. The Kier molecular flexibility index (Phi) is 1.22. The van der Waals surface area contributed by atoms with Gasteiger partial charge < -0.3 is 4.74 Å². The zero-order chi connectivity index (χ0) is 8.77. The highest BCUT2D eigenvalue weighted by atomic mass is 16.6. The van der Waals surface area contributed by atoms with E-state index in [4.69, 9.17) is 4.74 Å².